The van der Waals surface area contributed by atoms with Gasteiger partial charge in [0.15, 0.2) is 0 Å². The molecule has 1 N–H and O–H groups in total. The van der Waals surface area contributed by atoms with Crippen LogP contribution in [0.4, 0.5) is 0 Å². The van der Waals surface area contributed by atoms with Gasteiger partial charge in [0, 0.05) is 32.9 Å². The SMILES string of the molecule is COCCN(CCOC)C(=O)c1ccccc1C#CCO. The molecule has 0 aliphatic rings. The minimum atomic E-state index is -0.237. The highest BCUT2D eigenvalue weighted by atomic mass is 16.5. The summed E-state index contributed by atoms with van der Waals surface area (Å²) in [6.45, 7) is 1.65. The Kier molecular flexibility index (Phi) is 8.14. The molecule has 0 saturated carbocycles. The third-order valence-electron chi connectivity index (χ3n) is 2.88. The molecule has 5 heteroatoms. The number of aliphatic hydroxyl groups excluding tert-OH is 1. The van der Waals surface area contributed by atoms with Gasteiger partial charge in [-0.1, -0.05) is 24.0 Å². The largest absolute Gasteiger partial charge is 0.384 e. The van der Waals surface area contributed by atoms with Crippen LogP contribution in [-0.4, -0.2) is 63.0 Å². The Labute approximate surface area is 125 Å². The molecule has 0 fully saturated rings. The summed E-state index contributed by atoms with van der Waals surface area (Å²) in [5.74, 6) is 5.25. The fourth-order valence-electron chi connectivity index (χ4n) is 1.80. The van der Waals surface area contributed by atoms with Crippen molar-refractivity contribution in [3.63, 3.8) is 0 Å². The normalized spacial score (nSPS) is 9.86. The average molecular weight is 291 g/mol. The Morgan fingerprint density at radius 3 is 2.38 bits per heavy atom. The van der Waals surface area contributed by atoms with Gasteiger partial charge in [0.2, 0.25) is 0 Å². The molecule has 5 nitrogen and oxygen atoms in total. The van der Waals surface area contributed by atoms with Crippen molar-refractivity contribution in [3.8, 4) is 11.8 Å². The lowest BCUT2D eigenvalue weighted by Gasteiger charge is -2.22. The predicted molar refractivity (Wildman–Crippen MR) is 80.1 cm³/mol. The van der Waals surface area contributed by atoms with Crippen LogP contribution in [0, 0.1) is 11.8 Å². The number of aliphatic hydroxyl groups is 1. The summed E-state index contributed by atoms with van der Waals surface area (Å²) in [5.41, 5.74) is 1.13. The number of hydrogen-bond acceptors (Lipinski definition) is 4. The predicted octanol–water partition coefficient (Wildman–Crippen LogP) is 0.765. The molecule has 1 aromatic rings. The van der Waals surface area contributed by atoms with Crippen LogP contribution in [0.3, 0.4) is 0 Å². The van der Waals surface area contributed by atoms with Gasteiger partial charge < -0.3 is 19.5 Å². The molecule has 0 spiro atoms. The standard InChI is InChI=1S/C16H21NO4/c1-20-12-9-17(10-13-21-2)16(19)15-8-4-3-6-14(15)7-5-11-18/h3-4,6,8,18H,9-13H2,1-2H3. The van der Waals surface area contributed by atoms with Gasteiger partial charge in [-0.2, -0.15) is 0 Å². The van der Waals surface area contributed by atoms with Crippen molar-refractivity contribution in [2.75, 3.05) is 47.1 Å². The monoisotopic (exact) mass is 291 g/mol. The molecule has 0 saturated heterocycles. The van der Waals surface area contributed by atoms with Crippen LogP contribution in [0.2, 0.25) is 0 Å². The second kappa shape index (κ2) is 9.94. The van der Waals surface area contributed by atoms with Gasteiger partial charge in [0.25, 0.3) is 5.91 Å². The Morgan fingerprint density at radius 1 is 1.19 bits per heavy atom. The summed E-state index contributed by atoms with van der Waals surface area (Å²) in [4.78, 5) is 14.3. The maximum absolute atomic E-state index is 12.6. The lowest BCUT2D eigenvalue weighted by molar-refractivity contribution is 0.0627. The molecule has 0 aliphatic heterocycles. The van der Waals surface area contributed by atoms with Crippen LogP contribution in [0.5, 0.6) is 0 Å². The number of methoxy groups -OCH3 is 2. The van der Waals surface area contributed by atoms with E-state index in [2.05, 4.69) is 11.8 Å². The van der Waals surface area contributed by atoms with E-state index in [1.165, 1.54) is 0 Å². The minimum absolute atomic E-state index is 0.119. The summed E-state index contributed by atoms with van der Waals surface area (Å²) in [6, 6.07) is 7.10. The van der Waals surface area contributed by atoms with Crippen LogP contribution in [0.25, 0.3) is 0 Å². The highest BCUT2D eigenvalue weighted by molar-refractivity contribution is 5.96. The zero-order valence-electron chi connectivity index (χ0n) is 12.5. The number of nitrogens with zero attached hydrogens (tertiary/aromatic N) is 1. The summed E-state index contributed by atoms with van der Waals surface area (Å²) >= 11 is 0. The minimum Gasteiger partial charge on any atom is -0.384 e. The number of amides is 1. The summed E-state index contributed by atoms with van der Waals surface area (Å²) in [5, 5.41) is 8.80. The van der Waals surface area contributed by atoms with E-state index in [4.69, 9.17) is 14.6 Å². The fraction of sp³-hybridized carbons (Fsp3) is 0.438. The molecule has 1 aromatic carbocycles. The van der Waals surface area contributed by atoms with E-state index in [0.717, 1.165) is 0 Å². The first-order valence-electron chi connectivity index (χ1n) is 6.70. The summed E-state index contributed by atoms with van der Waals surface area (Å²) in [7, 11) is 3.19. The van der Waals surface area contributed by atoms with Crippen LogP contribution < -0.4 is 0 Å². The van der Waals surface area contributed by atoms with Crippen molar-refractivity contribution in [1.82, 2.24) is 4.90 Å². The Balaban J connectivity index is 2.96. The number of carbonyl (C=O) groups is 1. The molecule has 0 radical (unpaired) electrons. The van der Waals surface area contributed by atoms with Gasteiger partial charge in [0.1, 0.15) is 6.61 Å². The highest BCUT2D eigenvalue weighted by Gasteiger charge is 2.17. The first kappa shape index (κ1) is 17.2. The molecular weight excluding hydrogens is 270 g/mol. The third kappa shape index (κ3) is 5.56. The number of ether oxygens (including phenoxy) is 2. The molecule has 21 heavy (non-hydrogen) atoms. The number of benzene rings is 1. The second-order valence-corrected chi connectivity index (χ2v) is 4.28. The summed E-state index contributed by atoms with van der Waals surface area (Å²) in [6.07, 6.45) is 0. The van der Waals surface area contributed by atoms with E-state index in [1.54, 1.807) is 37.3 Å². The molecule has 114 valence electrons. The molecule has 0 aliphatic carbocycles. The first-order chi connectivity index (χ1) is 10.2. The molecular formula is C16H21NO4. The van der Waals surface area contributed by atoms with Crippen molar-refractivity contribution >= 4 is 5.91 Å². The first-order valence-corrected chi connectivity index (χ1v) is 6.70. The summed E-state index contributed by atoms with van der Waals surface area (Å²) < 4.78 is 10.1. The maximum Gasteiger partial charge on any atom is 0.255 e. The smallest absolute Gasteiger partial charge is 0.255 e. The number of hydrogen-bond donors (Lipinski definition) is 1. The third-order valence-corrected chi connectivity index (χ3v) is 2.88. The van der Waals surface area contributed by atoms with E-state index in [0.29, 0.717) is 37.4 Å². The zero-order valence-corrected chi connectivity index (χ0v) is 12.5. The van der Waals surface area contributed by atoms with Crippen molar-refractivity contribution in [3.05, 3.63) is 35.4 Å². The van der Waals surface area contributed by atoms with Gasteiger partial charge in [-0.15, -0.1) is 0 Å². The van der Waals surface area contributed by atoms with E-state index in [1.807, 2.05) is 6.07 Å². The fourth-order valence-corrected chi connectivity index (χ4v) is 1.80. The molecule has 0 unspecified atom stereocenters. The number of rotatable bonds is 7. The Morgan fingerprint density at radius 2 is 1.81 bits per heavy atom. The van der Waals surface area contributed by atoms with Crippen molar-refractivity contribution in [2.45, 2.75) is 0 Å². The molecule has 0 aromatic heterocycles. The molecule has 0 bridgehead atoms. The van der Waals surface area contributed by atoms with Gasteiger partial charge in [-0.25, -0.2) is 0 Å². The Bertz CT molecular complexity index is 496. The van der Waals surface area contributed by atoms with Gasteiger partial charge in [-0.05, 0) is 12.1 Å². The van der Waals surface area contributed by atoms with E-state index < -0.39 is 0 Å². The highest BCUT2D eigenvalue weighted by Crippen LogP contribution is 2.11. The van der Waals surface area contributed by atoms with Gasteiger partial charge in [-0.3, -0.25) is 4.79 Å². The van der Waals surface area contributed by atoms with Crippen molar-refractivity contribution < 1.29 is 19.4 Å². The van der Waals surface area contributed by atoms with Crippen LogP contribution in [-0.2, 0) is 9.47 Å². The quantitative estimate of drug-likeness (QED) is 0.754. The topological polar surface area (TPSA) is 59.0 Å². The molecule has 0 heterocycles. The van der Waals surface area contributed by atoms with E-state index >= 15 is 0 Å². The lowest BCUT2D eigenvalue weighted by Crippen LogP contribution is -2.36. The van der Waals surface area contributed by atoms with Gasteiger partial charge in [0.05, 0.1) is 18.8 Å². The van der Waals surface area contributed by atoms with E-state index in [9.17, 15) is 4.79 Å². The lowest BCUT2D eigenvalue weighted by atomic mass is 10.1. The Hall–Kier alpha value is -1.87. The van der Waals surface area contributed by atoms with Crippen LogP contribution >= 0.6 is 0 Å². The van der Waals surface area contributed by atoms with Crippen molar-refractivity contribution in [2.24, 2.45) is 0 Å². The van der Waals surface area contributed by atoms with Crippen LogP contribution in [0.1, 0.15) is 15.9 Å². The molecule has 0 atom stereocenters. The van der Waals surface area contributed by atoms with Crippen molar-refractivity contribution in [1.29, 1.82) is 0 Å². The molecule has 1 amide bonds. The van der Waals surface area contributed by atoms with E-state index in [-0.39, 0.29) is 12.5 Å². The number of carbonyl (C=O) groups excluding carboxylic acids is 1. The second-order valence-electron chi connectivity index (χ2n) is 4.28. The average Bonchev–Trinajstić information content (AvgIpc) is 2.52. The molecule has 1 rings (SSSR count). The zero-order chi connectivity index (χ0) is 15.5. The maximum atomic E-state index is 12.6. The van der Waals surface area contributed by atoms with Gasteiger partial charge >= 0.3 is 0 Å². The van der Waals surface area contributed by atoms with Crippen LogP contribution in [0.15, 0.2) is 24.3 Å².